The van der Waals surface area contributed by atoms with Gasteiger partial charge in [0.05, 0.1) is 20.1 Å². The molecular formula is C23H20N2OS2. The molecule has 2 aromatic carbocycles. The van der Waals surface area contributed by atoms with Gasteiger partial charge in [0.2, 0.25) is 0 Å². The van der Waals surface area contributed by atoms with Crippen LogP contribution in [0.5, 0.6) is 0 Å². The fourth-order valence-corrected chi connectivity index (χ4v) is 5.88. The van der Waals surface area contributed by atoms with Crippen LogP contribution in [0.3, 0.4) is 0 Å². The molecule has 1 fully saturated rings. The molecule has 0 spiro atoms. The Bertz CT molecular complexity index is 1070. The van der Waals surface area contributed by atoms with Crippen molar-refractivity contribution in [3.63, 3.8) is 0 Å². The SMILES string of the molecule is O=C(c1sccc1-c1ccccc1)N1CCC(c2nc3ccccc3s2)CC1. The van der Waals surface area contributed by atoms with Crippen molar-refractivity contribution in [1.29, 1.82) is 0 Å². The topological polar surface area (TPSA) is 33.2 Å². The van der Waals surface area contributed by atoms with Crippen LogP contribution in [0.15, 0.2) is 66.0 Å². The number of thiazole rings is 1. The predicted molar refractivity (Wildman–Crippen MR) is 117 cm³/mol. The third-order valence-electron chi connectivity index (χ3n) is 5.39. The summed E-state index contributed by atoms with van der Waals surface area (Å²) in [5.74, 6) is 0.620. The molecule has 140 valence electrons. The van der Waals surface area contributed by atoms with Gasteiger partial charge in [-0.1, -0.05) is 42.5 Å². The molecule has 4 aromatic rings. The summed E-state index contributed by atoms with van der Waals surface area (Å²) in [6, 6.07) is 20.6. The van der Waals surface area contributed by atoms with E-state index in [4.69, 9.17) is 4.98 Å². The van der Waals surface area contributed by atoms with Crippen LogP contribution < -0.4 is 0 Å². The number of nitrogens with zero attached hydrogens (tertiary/aromatic N) is 2. The number of fused-ring (bicyclic) bond motifs is 1. The quantitative estimate of drug-likeness (QED) is 0.417. The zero-order valence-corrected chi connectivity index (χ0v) is 17.0. The number of amides is 1. The number of carbonyl (C=O) groups is 1. The summed E-state index contributed by atoms with van der Waals surface area (Å²) >= 11 is 3.34. The minimum Gasteiger partial charge on any atom is -0.338 e. The molecule has 3 heterocycles. The molecule has 0 aliphatic carbocycles. The van der Waals surface area contributed by atoms with Crippen LogP contribution in [-0.4, -0.2) is 28.9 Å². The van der Waals surface area contributed by atoms with Gasteiger partial charge in [-0.3, -0.25) is 4.79 Å². The lowest BCUT2D eigenvalue weighted by atomic mass is 9.97. The summed E-state index contributed by atoms with van der Waals surface area (Å²) in [5, 5.41) is 3.23. The Balaban J connectivity index is 1.31. The van der Waals surface area contributed by atoms with E-state index in [1.54, 1.807) is 22.7 Å². The number of thiophene rings is 1. The number of para-hydroxylation sites is 1. The second-order valence-electron chi connectivity index (χ2n) is 7.12. The maximum atomic E-state index is 13.2. The van der Waals surface area contributed by atoms with Gasteiger partial charge in [-0.25, -0.2) is 4.98 Å². The van der Waals surface area contributed by atoms with Gasteiger partial charge >= 0.3 is 0 Å². The molecular weight excluding hydrogens is 384 g/mol. The number of likely N-dealkylation sites (tertiary alicyclic amines) is 1. The molecule has 0 N–H and O–H groups in total. The Morgan fingerprint density at radius 1 is 0.964 bits per heavy atom. The molecule has 0 radical (unpaired) electrons. The Hall–Kier alpha value is -2.50. The van der Waals surface area contributed by atoms with Crippen LogP contribution in [0, 0.1) is 0 Å². The lowest BCUT2D eigenvalue weighted by molar-refractivity contribution is 0.0718. The number of carbonyl (C=O) groups excluding carboxylic acids is 1. The van der Waals surface area contributed by atoms with Crippen LogP contribution in [0.25, 0.3) is 21.3 Å². The molecule has 0 saturated carbocycles. The normalized spacial score (nSPS) is 15.2. The zero-order valence-electron chi connectivity index (χ0n) is 15.4. The Labute approximate surface area is 172 Å². The van der Waals surface area contributed by atoms with Crippen molar-refractivity contribution in [3.8, 4) is 11.1 Å². The minimum absolute atomic E-state index is 0.164. The van der Waals surface area contributed by atoms with Crippen molar-refractivity contribution >= 4 is 38.8 Å². The van der Waals surface area contributed by atoms with Gasteiger partial charge in [-0.15, -0.1) is 22.7 Å². The van der Waals surface area contributed by atoms with E-state index in [0.717, 1.165) is 47.5 Å². The number of piperidine rings is 1. The largest absolute Gasteiger partial charge is 0.338 e. The zero-order chi connectivity index (χ0) is 18.9. The third kappa shape index (κ3) is 3.25. The van der Waals surface area contributed by atoms with Crippen LogP contribution in [0.1, 0.15) is 33.4 Å². The highest BCUT2D eigenvalue weighted by Crippen LogP contribution is 2.35. The highest BCUT2D eigenvalue weighted by atomic mass is 32.1. The van der Waals surface area contributed by atoms with Crippen molar-refractivity contribution in [2.24, 2.45) is 0 Å². The highest BCUT2D eigenvalue weighted by molar-refractivity contribution is 7.18. The van der Waals surface area contributed by atoms with Crippen molar-refractivity contribution in [2.45, 2.75) is 18.8 Å². The van der Waals surface area contributed by atoms with E-state index in [-0.39, 0.29) is 5.91 Å². The van der Waals surface area contributed by atoms with Crippen LogP contribution in [0.2, 0.25) is 0 Å². The van der Waals surface area contributed by atoms with Crippen LogP contribution >= 0.6 is 22.7 Å². The molecule has 0 unspecified atom stereocenters. The number of benzene rings is 2. The first kappa shape index (κ1) is 17.6. The average Bonchev–Trinajstić information content (AvgIpc) is 3.41. The summed E-state index contributed by atoms with van der Waals surface area (Å²) in [4.78, 5) is 20.9. The standard InChI is InChI=1S/C23H20N2OS2/c26-23(21-18(12-15-27-21)16-6-2-1-3-7-16)25-13-10-17(11-14-25)22-24-19-8-4-5-9-20(19)28-22/h1-9,12,15,17H,10-11,13-14H2. The van der Waals surface area contributed by atoms with Crippen molar-refractivity contribution in [1.82, 2.24) is 9.88 Å². The average molecular weight is 405 g/mol. The molecule has 5 rings (SSSR count). The third-order valence-corrected chi connectivity index (χ3v) is 7.49. The number of hydrogen-bond acceptors (Lipinski definition) is 4. The van der Waals surface area contributed by atoms with E-state index in [0.29, 0.717) is 5.92 Å². The van der Waals surface area contributed by atoms with Gasteiger partial charge in [-0.05, 0) is 42.0 Å². The highest BCUT2D eigenvalue weighted by Gasteiger charge is 2.28. The summed E-state index contributed by atoms with van der Waals surface area (Å²) in [6.07, 6.45) is 1.97. The van der Waals surface area contributed by atoms with Crippen LogP contribution in [-0.2, 0) is 0 Å². The van der Waals surface area contributed by atoms with E-state index >= 15 is 0 Å². The Morgan fingerprint density at radius 2 is 1.71 bits per heavy atom. The second kappa shape index (κ2) is 7.49. The smallest absolute Gasteiger partial charge is 0.264 e. The monoisotopic (exact) mass is 404 g/mol. The number of aromatic nitrogens is 1. The molecule has 1 aliphatic heterocycles. The van der Waals surface area contributed by atoms with E-state index in [1.807, 2.05) is 34.5 Å². The van der Waals surface area contributed by atoms with Gasteiger partial charge in [0.1, 0.15) is 0 Å². The second-order valence-corrected chi connectivity index (χ2v) is 9.09. The molecule has 1 saturated heterocycles. The van der Waals surface area contributed by atoms with Gasteiger partial charge in [0.15, 0.2) is 0 Å². The fourth-order valence-electron chi connectivity index (χ4n) is 3.86. The van der Waals surface area contributed by atoms with Crippen LogP contribution in [0.4, 0.5) is 0 Å². The molecule has 1 aliphatic rings. The van der Waals surface area contributed by atoms with E-state index in [9.17, 15) is 4.79 Å². The van der Waals surface area contributed by atoms with E-state index in [1.165, 1.54) is 9.71 Å². The fraction of sp³-hybridized carbons (Fsp3) is 0.217. The molecule has 2 aromatic heterocycles. The summed E-state index contributed by atoms with van der Waals surface area (Å²) in [6.45, 7) is 1.59. The minimum atomic E-state index is 0.164. The number of rotatable bonds is 3. The summed E-state index contributed by atoms with van der Waals surface area (Å²) in [7, 11) is 0. The number of hydrogen-bond donors (Lipinski definition) is 0. The molecule has 0 atom stereocenters. The van der Waals surface area contributed by atoms with Gasteiger partial charge in [0.25, 0.3) is 5.91 Å². The Morgan fingerprint density at radius 3 is 2.50 bits per heavy atom. The molecule has 3 nitrogen and oxygen atoms in total. The molecule has 1 amide bonds. The van der Waals surface area contributed by atoms with Crippen molar-refractivity contribution in [2.75, 3.05) is 13.1 Å². The first-order chi connectivity index (χ1) is 13.8. The molecule has 5 heteroatoms. The summed E-state index contributed by atoms with van der Waals surface area (Å²) in [5.41, 5.74) is 3.24. The Kier molecular flexibility index (Phi) is 4.71. The predicted octanol–water partition coefficient (Wildman–Crippen LogP) is 6.04. The maximum Gasteiger partial charge on any atom is 0.264 e. The van der Waals surface area contributed by atoms with Gasteiger partial charge in [0, 0.05) is 24.6 Å². The lowest BCUT2D eigenvalue weighted by Crippen LogP contribution is -2.37. The summed E-state index contributed by atoms with van der Waals surface area (Å²) < 4.78 is 1.25. The first-order valence-corrected chi connectivity index (χ1v) is 11.3. The molecule has 0 bridgehead atoms. The first-order valence-electron chi connectivity index (χ1n) is 9.57. The van der Waals surface area contributed by atoms with Crippen molar-refractivity contribution in [3.05, 3.63) is 75.9 Å². The van der Waals surface area contributed by atoms with Gasteiger partial charge in [-0.2, -0.15) is 0 Å². The van der Waals surface area contributed by atoms with E-state index < -0.39 is 0 Å². The lowest BCUT2D eigenvalue weighted by Gasteiger charge is -2.31. The van der Waals surface area contributed by atoms with Gasteiger partial charge < -0.3 is 4.90 Å². The maximum absolute atomic E-state index is 13.2. The van der Waals surface area contributed by atoms with Crippen molar-refractivity contribution < 1.29 is 4.79 Å². The molecule has 28 heavy (non-hydrogen) atoms. The van der Waals surface area contributed by atoms with E-state index in [2.05, 4.69) is 36.4 Å².